The first-order chi connectivity index (χ1) is 19.7. The molecule has 0 radical (unpaired) electrons. The molecule has 0 saturated heterocycles. The van der Waals surface area contributed by atoms with Gasteiger partial charge in [0.05, 0.1) is 0 Å². The molecule has 0 heterocycles. The molecule has 0 amide bonds. The maximum atomic E-state index is 4.76. The first kappa shape index (κ1) is 28.9. The molecule has 0 heteroatoms. The Morgan fingerprint density at radius 2 is 1.68 bits per heavy atom. The molecule has 2 aromatic carbocycles. The zero-order valence-electron chi connectivity index (χ0n) is 25.9. The van der Waals surface area contributed by atoms with Gasteiger partial charge in [-0.25, -0.2) is 0 Å². The fourth-order valence-corrected chi connectivity index (χ4v) is 7.09. The molecule has 3 aliphatic rings. The molecule has 0 spiro atoms. The number of hydrogen-bond donors (Lipinski definition) is 0. The van der Waals surface area contributed by atoms with Crippen LogP contribution in [-0.2, 0) is 12.8 Å². The van der Waals surface area contributed by atoms with Gasteiger partial charge in [0, 0.05) is 11.8 Å². The summed E-state index contributed by atoms with van der Waals surface area (Å²) in [5.74, 6) is 0.580. The Labute approximate surface area is 249 Å². The first-order valence-electron chi connectivity index (χ1n) is 15.5. The van der Waals surface area contributed by atoms with Gasteiger partial charge in [-0.05, 0) is 113 Å². The van der Waals surface area contributed by atoms with E-state index in [-0.39, 0.29) is 5.92 Å². The van der Waals surface area contributed by atoms with Gasteiger partial charge in [-0.2, -0.15) is 0 Å². The van der Waals surface area contributed by atoms with Crippen molar-refractivity contribution in [3.05, 3.63) is 153 Å². The molecule has 2 aromatic rings. The third-order valence-electron chi connectivity index (χ3n) is 9.32. The molecule has 0 nitrogen and oxygen atoms in total. The SMILES string of the molecule is C=C(CCC)C1=C(C)C=C2CC(=CC3=CC=C(c4cc(C(=C)C)ccc4CC)C3)C(=C)C2C1c1ccc(CC)cc1. The monoisotopic (exact) mass is 538 g/mol. The lowest BCUT2D eigenvalue weighted by Gasteiger charge is -2.34. The van der Waals surface area contributed by atoms with Crippen molar-refractivity contribution in [1.82, 2.24) is 0 Å². The standard InChI is InChI=1S/C41H46/c1-9-12-27(6)39-28(7)21-37-24-36(29(8)40(37)41(39)33-16-13-30(10-2)14-17-33)23-31-15-18-35(22-31)38-25-34(26(4)5)20-19-32(38)11-3/h13-21,23,25,40-41H,4,6,8-12,22,24H2,1-3,5,7H3. The third kappa shape index (κ3) is 5.62. The summed E-state index contributed by atoms with van der Waals surface area (Å²) in [4.78, 5) is 0. The fourth-order valence-electron chi connectivity index (χ4n) is 7.09. The lowest BCUT2D eigenvalue weighted by molar-refractivity contribution is 0.619. The zero-order valence-corrected chi connectivity index (χ0v) is 25.9. The molecule has 2 atom stereocenters. The summed E-state index contributed by atoms with van der Waals surface area (Å²) in [6.07, 6.45) is 15.7. The smallest absolute Gasteiger partial charge is 0.0201 e. The van der Waals surface area contributed by atoms with Gasteiger partial charge in [-0.15, -0.1) is 0 Å². The van der Waals surface area contributed by atoms with Crippen molar-refractivity contribution in [2.24, 2.45) is 5.92 Å². The Kier molecular flexibility index (Phi) is 8.50. The van der Waals surface area contributed by atoms with Crippen molar-refractivity contribution in [3.63, 3.8) is 0 Å². The summed E-state index contributed by atoms with van der Waals surface area (Å²) in [5, 5.41) is 0. The van der Waals surface area contributed by atoms with Crippen LogP contribution in [0.4, 0.5) is 0 Å². The summed E-state index contributed by atoms with van der Waals surface area (Å²) < 4.78 is 0. The minimum Gasteiger partial charge on any atom is -0.0955 e. The second-order valence-electron chi connectivity index (χ2n) is 12.2. The normalized spacial score (nSPS) is 21.1. The Morgan fingerprint density at radius 3 is 2.34 bits per heavy atom. The number of hydrogen-bond acceptors (Lipinski definition) is 0. The van der Waals surface area contributed by atoms with Crippen molar-refractivity contribution in [3.8, 4) is 0 Å². The molecule has 210 valence electrons. The Bertz CT molecular complexity index is 1550. The average Bonchev–Trinajstić information content (AvgIpc) is 3.56. The van der Waals surface area contributed by atoms with Gasteiger partial charge in [0.1, 0.15) is 0 Å². The van der Waals surface area contributed by atoms with Gasteiger partial charge in [0.15, 0.2) is 0 Å². The molecule has 2 unspecified atom stereocenters. The van der Waals surface area contributed by atoms with Gasteiger partial charge >= 0.3 is 0 Å². The average molecular weight is 539 g/mol. The molecule has 0 N–H and O–H groups in total. The number of allylic oxidation sites excluding steroid dienone is 13. The van der Waals surface area contributed by atoms with Crippen molar-refractivity contribution in [2.45, 2.75) is 79.1 Å². The van der Waals surface area contributed by atoms with Crippen molar-refractivity contribution in [2.75, 3.05) is 0 Å². The number of fused-ring (bicyclic) bond motifs is 1. The Morgan fingerprint density at radius 1 is 0.927 bits per heavy atom. The highest BCUT2D eigenvalue weighted by atomic mass is 14.4. The molecular formula is C41H46. The van der Waals surface area contributed by atoms with Crippen LogP contribution in [0.3, 0.4) is 0 Å². The predicted molar refractivity (Wildman–Crippen MR) is 180 cm³/mol. The topological polar surface area (TPSA) is 0 Å². The molecule has 0 aromatic heterocycles. The third-order valence-corrected chi connectivity index (χ3v) is 9.32. The summed E-state index contributed by atoms with van der Waals surface area (Å²) in [6.45, 7) is 24.6. The van der Waals surface area contributed by atoms with Gasteiger partial charge in [-0.1, -0.05) is 124 Å². The number of aryl methyl sites for hydroxylation is 2. The molecule has 0 bridgehead atoms. The van der Waals surface area contributed by atoms with Gasteiger partial charge in [0.2, 0.25) is 0 Å². The van der Waals surface area contributed by atoms with Gasteiger partial charge < -0.3 is 0 Å². The highest BCUT2D eigenvalue weighted by Gasteiger charge is 2.41. The lowest BCUT2D eigenvalue weighted by atomic mass is 9.69. The first-order valence-corrected chi connectivity index (χ1v) is 15.5. The minimum atomic E-state index is 0.279. The van der Waals surface area contributed by atoms with Crippen LogP contribution in [-0.4, -0.2) is 0 Å². The van der Waals surface area contributed by atoms with Crippen LogP contribution in [0.2, 0.25) is 0 Å². The summed E-state index contributed by atoms with van der Waals surface area (Å²) in [5.41, 5.74) is 18.9. The maximum Gasteiger partial charge on any atom is 0.0201 e. The summed E-state index contributed by atoms with van der Waals surface area (Å²) in [6, 6.07) is 16.1. The van der Waals surface area contributed by atoms with Crippen LogP contribution >= 0.6 is 0 Å². The van der Waals surface area contributed by atoms with Crippen molar-refractivity contribution >= 4 is 11.1 Å². The quantitative estimate of drug-likeness (QED) is 0.298. The molecule has 0 aliphatic heterocycles. The Hall–Kier alpha value is -3.64. The zero-order chi connectivity index (χ0) is 29.3. The highest BCUT2D eigenvalue weighted by molar-refractivity contribution is 5.78. The van der Waals surface area contributed by atoms with E-state index < -0.39 is 0 Å². The molecule has 3 aliphatic carbocycles. The number of rotatable bonds is 9. The van der Waals surface area contributed by atoms with Crippen LogP contribution in [0, 0.1) is 5.92 Å². The molecule has 41 heavy (non-hydrogen) atoms. The van der Waals surface area contributed by atoms with Crippen LogP contribution in [0.25, 0.3) is 11.1 Å². The van der Waals surface area contributed by atoms with E-state index in [0.29, 0.717) is 5.92 Å². The van der Waals surface area contributed by atoms with E-state index in [1.54, 1.807) is 0 Å². The highest BCUT2D eigenvalue weighted by Crippen LogP contribution is 2.55. The van der Waals surface area contributed by atoms with E-state index in [4.69, 9.17) is 6.58 Å². The van der Waals surface area contributed by atoms with E-state index in [1.165, 1.54) is 72.4 Å². The maximum absolute atomic E-state index is 4.76. The van der Waals surface area contributed by atoms with Crippen LogP contribution in [0.5, 0.6) is 0 Å². The number of benzene rings is 2. The van der Waals surface area contributed by atoms with Crippen molar-refractivity contribution < 1.29 is 0 Å². The van der Waals surface area contributed by atoms with E-state index in [2.05, 4.69) is 115 Å². The molecule has 1 saturated carbocycles. The molecule has 1 fully saturated rings. The fraction of sp³-hybridized carbons (Fsp3) is 0.317. The summed E-state index contributed by atoms with van der Waals surface area (Å²) >= 11 is 0. The lowest BCUT2D eigenvalue weighted by Crippen LogP contribution is -2.21. The second-order valence-corrected chi connectivity index (χ2v) is 12.2. The van der Waals surface area contributed by atoms with Crippen LogP contribution < -0.4 is 0 Å². The van der Waals surface area contributed by atoms with E-state index >= 15 is 0 Å². The van der Waals surface area contributed by atoms with E-state index in [9.17, 15) is 0 Å². The van der Waals surface area contributed by atoms with Gasteiger partial charge in [-0.3, -0.25) is 0 Å². The van der Waals surface area contributed by atoms with E-state index in [1.807, 2.05) is 0 Å². The molecule has 5 rings (SSSR count). The van der Waals surface area contributed by atoms with Crippen molar-refractivity contribution in [1.29, 1.82) is 0 Å². The largest absolute Gasteiger partial charge is 0.0955 e. The van der Waals surface area contributed by atoms with Crippen LogP contribution in [0.1, 0.15) is 94.0 Å². The van der Waals surface area contributed by atoms with E-state index in [0.717, 1.165) is 44.1 Å². The summed E-state index contributed by atoms with van der Waals surface area (Å²) in [7, 11) is 0. The minimum absolute atomic E-state index is 0.279. The molecular weight excluding hydrogens is 492 g/mol. The Balaban J connectivity index is 1.45. The second kappa shape index (κ2) is 12.1. The van der Waals surface area contributed by atoms with Gasteiger partial charge in [0.25, 0.3) is 0 Å². The van der Waals surface area contributed by atoms with Crippen LogP contribution in [0.15, 0.2) is 126 Å². The predicted octanol–water partition coefficient (Wildman–Crippen LogP) is 11.5.